The second-order valence-electron chi connectivity index (χ2n) is 4.74. The first kappa shape index (κ1) is 14.2. The zero-order valence-electron chi connectivity index (χ0n) is 10.8. The van der Waals surface area contributed by atoms with Crippen molar-refractivity contribution in [3.8, 4) is 5.75 Å². The molecule has 1 aromatic carbocycles. The molecule has 0 radical (unpaired) electrons. The number of hydrogen-bond donors (Lipinski definition) is 2. The summed E-state index contributed by atoms with van der Waals surface area (Å²) in [5.41, 5.74) is 2.03. The minimum absolute atomic E-state index is 0.165. The van der Waals surface area contributed by atoms with E-state index in [-0.39, 0.29) is 16.3 Å². The van der Waals surface area contributed by atoms with E-state index in [0.29, 0.717) is 0 Å². The molecule has 0 amide bonds. The van der Waals surface area contributed by atoms with Crippen LogP contribution in [0.2, 0.25) is 5.02 Å². The van der Waals surface area contributed by atoms with Gasteiger partial charge in [0, 0.05) is 5.56 Å². The molecule has 1 aromatic rings. The summed E-state index contributed by atoms with van der Waals surface area (Å²) < 4.78 is 4.54. The number of rotatable bonds is 2. The van der Waals surface area contributed by atoms with Gasteiger partial charge in [0.1, 0.15) is 5.75 Å². The Bertz CT molecular complexity index is 499. The van der Waals surface area contributed by atoms with E-state index in [1.807, 2.05) is 0 Å². The minimum Gasteiger partial charge on any atom is -0.506 e. The van der Waals surface area contributed by atoms with Gasteiger partial charge in [-0.2, -0.15) is 0 Å². The molecule has 1 aliphatic carbocycles. The molecule has 2 N–H and O–H groups in total. The maximum atomic E-state index is 11.5. The smallest absolute Gasteiger partial charge is 0.339 e. The number of carbonyl (C=O) groups excluding carboxylic acids is 1. The highest BCUT2D eigenvalue weighted by molar-refractivity contribution is 6.32. The molecular weight excluding hydrogens is 268 g/mol. The van der Waals surface area contributed by atoms with Crippen molar-refractivity contribution >= 4 is 17.6 Å². The Hall–Kier alpha value is -1.26. The molecule has 0 saturated heterocycles. The molecule has 4 nitrogen and oxygen atoms in total. The standard InChI is InChI=1S/C14H17ClO4/c1-19-14(18)13(17)11-9-6-4-2-3-5-8(9)7-10(15)12(11)16/h7,13,16-17H,2-6H2,1H3. The topological polar surface area (TPSA) is 66.8 Å². The van der Waals surface area contributed by atoms with Crippen LogP contribution in [0.4, 0.5) is 0 Å². The Labute approximate surface area is 117 Å². The molecule has 0 saturated carbocycles. The summed E-state index contributed by atoms with van der Waals surface area (Å²) in [6, 6.07) is 1.73. The first-order chi connectivity index (χ1) is 9.06. The van der Waals surface area contributed by atoms with Crippen LogP contribution >= 0.6 is 11.6 Å². The van der Waals surface area contributed by atoms with Crippen molar-refractivity contribution in [2.45, 2.75) is 38.2 Å². The molecular formula is C14H17ClO4. The summed E-state index contributed by atoms with van der Waals surface area (Å²) >= 11 is 5.98. The fourth-order valence-corrected chi connectivity index (χ4v) is 2.82. The van der Waals surface area contributed by atoms with Crippen molar-refractivity contribution in [3.63, 3.8) is 0 Å². The van der Waals surface area contributed by atoms with Crippen LogP contribution in [-0.4, -0.2) is 23.3 Å². The molecule has 0 heterocycles. The molecule has 1 unspecified atom stereocenters. The van der Waals surface area contributed by atoms with Crippen molar-refractivity contribution in [2.24, 2.45) is 0 Å². The second kappa shape index (κ2) is 5.80. The third-order valence-corrected chi connectivity index (χ3v) is 3.85. The quantitative estimate of drug-likeness (QED) is 0.647. The number of aromatic hydroxyl groups is 1. The van der Waals surface area contributed by atoms with Crippen LogP contribution in [0, 0.1) is 0 Å². The number of halogens is 1. The van der Waals surface area contributed by atoms with E-state index in [1.54, 1.807) is 6.07 Å². The SMILES string of the molecule is COC(=O)C(O)c1c(O)c(Cl)cc2c1CCCCC2. The average Bonchev–Trinajstić information content (AvgIpc) is 2.63. The highest BCUT2D eigenvalue weighted by Crippen LogP contribution is 2.39. The summed E-state index contributed by atoms with van der Waals surface area (Å²) in [6.45, 7) is 0. The Morgan fingerprint density at radius 3 is 2.74 bits per heavy atom. The van der Waals surface area contributed by atoms with Gasteiger partial charge >= 0.3 is 5.97 Å². The van der Waals surface area contributed by atoms with Gasteiger partial charge in [-0.05, 0) is 42.9 Å². The number of hydrogen-bond acceptors (Lipinski definition) is 4. The molecule has 0 aliphatic heterocycles. The monoisotopic (exact) mass is 284 g/mol. The maximum Gasteiger partial charge on any atom is 0.339 e. The Morgan fingerprint density at radius 1 is 1.37 bits per heavy atom. The van der Waals surface area contributed by atoms with Crippen LogP contribution in [-0.2, 0) is 22.4 Å². The second-order valence-corrected chi connectivity index (χ2v) is 5.15. The van der Waals surface area contributed by atoms with E-state index in [0.717, 1.165) is 43.2 Å². The van der Waals surface area contributed by atoms with Crippen LogP contribution < -0.4 is 0 Å². The molecule has 1 atom stereocenters. The van der Waals surface area contributed by atoms with Crippen LogP contribution in [0.5, 0.6) is 5.75 Å². The van der Waals surface area contributed by atoms with Gasteiger partial charge < -0.3 is 14.9 Å². The lowest BCUT2D eigenvalue weighted by Crippen LogP contribution is -2.16. The van der Waals surface area contributed by atoms with E-state index < -0.39 is 12.1 Å². The summed E-state index contributed by atoms with van der Waals surface area (Å²) in [6.07, 6.45) is 3.17. The molecule has 1 aliphatic rings. The van der Waals surface area contributed by atoms with Gasteiger partial charge in [0.2, 0.25) is 0 Å². The first-order valence-electron chi connectivity index (χ1n) is 6.35. The molecule has 19 heavy (non-hydrogen) atoms. The highest BCUT2D eigenvalue weighted by atomic mass is 35.5. The summed E-state index contributed by atoms with van der Waals surface area (Å²) in [4.78, 5) is 11.5. The van der Waals surface area contributed by atoms with Crippen molar-refractivity contribution in [1.29, 1.82) is 0 Å². The third kappa shape index (κ3) is 2.69. The number of ether oxygens (including phenoxy) is 1. The zero-order valence-corrected chi connectivity index (χ0v) is 11.5. The normalized spacial score (nSPS) is 16.4. The minimum atomic E-state index is -1.49. The fourth-order valence-electron chi connectivity index (χ4n) is 2.59. The Balaban J connectivity index is 2.57. The van der Waals surface area contributed by atoms with Crippen molar-refractivity contribution in [1.82, 2.24) is 0 Å². The molecule has 0 spiro atoms. The lowest BCUT2D eigenvalue weighted by Gasteiger charge is -2.18. The lowest BCUT2D eigenvalue weighted by atomic mass is 9.93. The number of phenols is 1. The number of aryl methyl sites for hydroxylation is 1. The summed E-state index contributed by atoms with van der Waals surface area (Å²) in [5.74, 6) is -1.01. The number of carbonyl (C=O) groups is 1. The highest BCUT2D eigenvalue weighted by Gasteiger charge is 2.28. The number of esters is 1. The van der Waals surface area contributed by atoms with E-state index in [2.05, 4.69) is 4.74 Å². The first-order valence-corrected chi connectivity index (χ1v) is 6.73. The van der Waals surface area contributed by atoms with Crippen molar-refractivity contribution in [2.75, 3.05) is 7.11 Å². The number of methoxy groups -OCH3 is 1. The lowest BCUT2D eigenvalue weighted by molar-refractivity contribution is -0.150. The van der Waals surface area contributed by atoms with Gasteiger partial charge in [0.05, 0.1) is 12.1 Å². The zero-order chi connectivity index (χ0) is 14.0. The molecule has 0 fully saturated rings. The fraction of sp³-hybridized carbons (Fsp3) is 0.500. The van der Waals surface area contributed by atoms with Crippen molar-refractivity contribution < 1.29 is 19.7 Å². The van der Waals surface area contributed by atoms with Crippen LogP contribution in [0.15, 0.2) is 6.07 Å². The number of fused-ring (bicyclic) bond motifs is 1. The van der Waals surface area contributed by atoms with Crippen molar-refractivity contribution in [3.05, 3.63) is 27.8 Å². The number of phenolic OH excluding ortho intramolecular Hbond substituents is 1. The Morgan fingerprint density at radius 2 is 2.05 bits per heavy atom. The summed E-state index contributed by atoms with van der Waals surface area (Å²) in [5, 5.41) is 20.3. The molecule has 5 heteroatoms. The maximum absolute atomic E-state index is 11.5. The molecule has 2 rings (SSSR count). The summed E-state index contributed by atoms with van der Waals surface area (Å²) in [7, 11) is 1.20. The Kier molecular flexibility index (Phi) is 4.32. The largest absolute Gasteiger partial charge is 0.506 e. The van der Waals surface area contributed by atoms with Crippen LogP contribution in [0.3, 0.4) is 0 Å². The number of aliphatic hydroxyl groups is 1. The van der Waals surface area contributed by atoms with Gasteiger partial charge in [-0.15, -0.1) is 0 Å². The average molecular weight is 285 g/mol. The van der Waals surface area contributed by atoms with Crippen LogP contribution in [0.25, 0.3) is 0 Å². The molecule has 104 valence electrons. The van der Waals surface area contributed by atoms with E-state index >= 15 is 0 Å². The predicted octanol–water partition coefficient (Wildman–Crippen LogP) is 2.52. The molecule has 0 aromatic heterocycles. The van der Waals surface area contributed by atoms with Gasteiger partial charge in [-0.3, -0.25) is 0 Å². The number of aliphatic hydroxyl groups excluding tert-OH is 1. The van der Waals surface area contributed by atoms with E-state index in [4.69, 9.17) is 11.6 Å². The van der Waals surface area contributed by atoms with E-state index in [9.17, 15) is 15.0 Å². The van der Waals surface area contributed by atoms with Gasteiger partial charge in [0.25, 0.3) is 0 Å². The number of benzene rings is 1. The molecule has 0 bridgehead atoms. The van der Waals surface area contributed by atoms with E-state index in [1.165, 1.54) is 7.11 Å². The van der Waals surface area contributed by atoms with Gasteiger partial charge in [-0.1, -0.05) is 18.0 Å². The predicted molar refractivity (Wildman–Crippen MR) is 71.4 cm³/mol. The van der Waals surface area contributed by atoms with Gasteiger partial charge in [0.15, 0.2) is 6.10 Å². The third-order valence-electron chi connectivity index (χ3n) is 3.57. The van der Waals surface area contributed by atoms with Gasteiger partial charge in [-0.25, -0.2) is 4.79 Å². The van der Waals surface area contributed by atoms with Crippen LogP contribution in [0.1, 0.15) is 42.1 Å².